The second-order valence-electron chi connectivity index (χ2n) is 5.29. The van der Waals surface area contributed by atoms with Crippen molar-refractivity contribution in [3.63, 3.8) is 0 Å². The Balaban J connectivity index is 1.77. The van der Waals surface area contributed by atoms with E-state index in [9.17, 15) is 0 Å². The fourth-order valence-corrected chi connectivity index (χ4v) is 2.50. The van der Waals surface area contributed by atoms with Crippen LogP contribution in [0.5, 0.6) is 5.75 Å². The lowest BCUT2D eigenvalue weighted by atomic mass is 10.0. The molecule has 0 fully saturated rings. The number of hydrogen-bond acceptors (Lipinski definition) is 2. The van der Waals surface area contributed by atoms with Crippen molar-refractivity contribution in [1.82, 2.24) is 4.90 Å². The molecular formula is C17H19NO. The molecule has 0 unspecified atom stereocenters. The predicted octanol–water partition coefficient (Wildman–Crippen LogP) is 3.66. The maximum atomic E-state index is 5.87. The molecule has 0 amide bonds. The molecule has 0 radical (unpaired) electrons. The zero-order valence-electron chi connectivity index (χ0n) is 11.5. The molecular weight excluding hydrogens is 234 g/mol. The third kappa shape index (κ3) is 2.64. The molecule has 0 saturated carbocycles. The highest BCUT2D eigenvalue weighted by Gasteiger charge is 2.18. The largest absolute Gasteiger partial charge is 0.478 e. The van der Waals surface area contributed by atoms with E-state index in [1.807, 2.05) is 0 Å². The minimum atomic E-state index is 0.671. The normalized spacial score (nSPS) is 14.8. The van der Waals surface area contributed by atoms with Crippen LogP contribution in [0.15, 0.2) is 42.5 Å². The number of fused-ring (bicyclic) bond motifs is 1. The van der Waals surface area contributed by atoms with Crippen molar-refractivity contribution in [1.29, 1.82) is 0 Å². The van der Waals surface area contributed by atoms with E-state index in [1.54, 1.807) is 0 Å². The molecule has 1 aliphatic rings. The van der Waals surface area contributed by atoms with Crippen LogP contribution in [-0.2, 0) is 13.1 Å². The first kappa shape index (κ1) is 12.2. The predicted molar refractivity (Wildman–Crippen MR) is 77.1 cm³/mol. The summed E-state index contributed by atoms with van der Waals surface area (Å²) in [6.07, 6.45) is 0. The van der Waals surface area contributed by atoms with Gasteiger partial charge in [-0.1, -0.05) is 36.4 Å². The molecule has 0 saturated heterocycles. The molecule has 0 N–H and O–H groups in total. The van der Waals surface area contributed by atoms with Crippen LogP contribution in [0.3, 0.4) is 0 Å². The van der Waals surface area contributed by atoms with E-state index >= 15 is 0 Å². The zero-order valence-corrected chi connectivity index (χ0v) is 11.5. The van der Waals surface area contributed by atoms with Crippen LogP contribution in [-0.4, -0.2) is 11.6 Å². The summed E-state index contributed by atoms with van der Waals surface area (Å²) in [5.41, 5.74) is 5.27. The van der Waals surface area contributed by atoms with Gasteiger partial charge in [-0.3, -0.25) is 4.90 Å². The van der Waals surface area contributed by atoms with Gasteiger partial charge in [0, 0.05) is 18.7 Å². The molecule has 0 aliphatic carbocycles. The quantitative estimate of drug-likeness (QED) is 0.810. The molecule has 2 aromatic carbocycles. The standard InChI is InChI=1S/C17H19NO/c1-13-8-16-11-18(10-15-6-4-3-5-7-15)12-19-17(16)9-14(13)2/h3-9H,10-12H2,1-2H3. The van der Waals surface area contributed by atoms with Crippen molar-refractivity contribution < 1.29 is 4.74 Å². The first-order chi connectivity index (χ1) is 9.22. The van der Waals surface area contributed by atoms with Gasteiger partial charge >= 0.3 is 0 Å². The lowest BCUT2D eigenvalue weighted by Gasteiger charge is -2.29. The summed E-state index contributed by atoms with van der Waals surface area (Å²) in [5, 5.41) is 0. The molecule has 0 bridgehead atoms. The monoisotopic (exact) mass is 253 g/mol. The number of ether oxygens (including phenoxy) is 1. The van der Waals surface area contributed by atoms with Gasteiger partial charge < -0.3 is 4.74 Å². The van der Waals surface area contributed by atoms with Gasteiger partial charge in [0.25, 0.3) is 0 Å². The molecule has 1 aliphatic heterocycles. The van der Waals surface area contributed by atoms with Crippen molar-refractivity contribution in [2.75, 3.05) is 6.73 Å². The molecule has 98 valence electrons. The second-order valence-corrected chi connectivity index (χ2v) is 5.29. The number of hydrogen-bond donors (Lipinski definition) is 0. The van der Waals surface area contributed by atoms with Crippen molar-refractivity contribution in [3.8, 4) is 5.75 Å². The molecule has 19 heavy (non-hydrogen) atoms. The number of benzene rings is 2. The summed E-state index contributed by atoms with van der Waals surface area (Å²) in [6, 6.07) is 15.0. The van der Waals surface area contributed by atoms with E-state index in [0.29, 0.717) is 6.73 Å². The SMILES string of the molecule is Cc1cc2c(cc1C)OCN(Cc1ccccc1)C2. The second kappa shape index (κ2) is 5.06. The molecule has 0 spiro atoms. The van der Waals surface area contributed by atoms with Crippen molar-refractivity contribution in [3.05, 3.63) is 64.7 Å². The Morgan fingerprint density at radius 1 is 1.05 bits per heavy atom. The first-order valence-corrected chi connectivity index (χ1v) is 6.71. The lowest BCUT2D eigenvalue weighted by Crippen LogP contribution is -2.31. The smallest absolute Gasteiger partial charge is 0.142 e. The Morgan fingerprint density at radius 3 is 2.58 bits per heavy atom. The molecule has 2 nitrogen and oxygen atoms in total. The third-order valence-electron chi connectivity index (χ3n) is 3.72. The molecule has 3 rings (SSSR count). The van der Waals surface area contributed by atoms with E-state index in [-0.39, 0.29) is 0 Å². The lowest BCUT2D eigenvalue weighted by molar-refractivity contribution is 0.0886. The van der Waals surface area contributed by atoms with Crippen LogP contribution in [0.2, 0.25) is 0 Å². The van der Waals surface area contributed by atoms with Crippen molar-refractivity contribution >= 4 is 0 Å². The van der Waals surface area contributed by atoms with Crippen LogP contribution < -0.4 is 4.74 Å². The highest BCUT2D eigenvalue weighted by atomic mass is 16.5. The van der Waals surface area contributed by atoms with Gasteiger partial charge in [0.15, 0.2) is 0 Å². The van der Waals surface area contributed by atoms with Crippen LogP contribution >= 0.6 is 0 Å². The van der Waals surface area contributed by atoms with Gasteiger partial charge in [0.1, 0.15) is 12.5 Å². The topological polar surface area (TPSA) is 12.5 Å². The Kier molecular flexibility index (Phi) is 3.26. The maximum absolute atomic E-state index is 5.87. The summed E-state index contributed by atoms with van der Waals surface area (Å²) in [6.45, 7) is 6.87. The van der Waals surface area contributed by atoms with Crippen LogP contribution in [0.1, 0.15) is 22.3 Å². The number of nitrogens with zero attached hydrogens (tertiary/aromatic N) is 1. The van der Waals surface area contributed by atoms with E-state index in [4.69, 9.17) is 4.74 Å². The van der Waals surface area contributed by atoms with Crippen LogP contribution in [0, 0.1) is 13.8 Å². The average Bonchev–Trinajstić information content (AvgIpc) is 2.42. The van der Waals surface area contributed by atoms with Gasteiger partial charge in [-0.15, -0.1) is 0 Å². The van der Waals surface area contributed by atoms with Gasteiger partial charge in [-0.25, -0.2) is 0 Å². The summed E-state index contributed by atoms with van der Waals surface area (Å²) in [7, 11) is 0. The van der Waals surface area contributed by atoms with Gasteiger partial charge in [-0.05, 0) is 36.6 Å². The fourth-order valence-electron chi connectivity index (χ4n) is 2.50. The summed E-state index contributed by atoms with van der Waals surface area (Å²) < 4.78 is 5.87. The molecule has 2 heteroatoms. The molecule has 0 aromatic heterocycles. The minimum absolute atomic E-state index is 0.671. The van der Waals surface area contributed by atoms with Gasteiger partial charge in [0.2, 0.25) is 0 Å². The van der Waals surface area contributed by atoms with Gasteiger partial charge in [0.05, 0.1) is 0 Å². The highest BCUT2D eigenvalue weighted by molar-refractivity contribution is 5.42. The number of rotatable bonds is 2. The molecule has 2 aromatic rings. The van der Waals surface area contributed by atoms with Crippen molar-refractivity contribution in [2.45, 2.75) is 26.9 Å². The Morgan fingerprint density at radius 2 is 1.79 bits per heavy atom. The zero-order chi connectivity index (χ0) is 13.2. The van der Waals surface area contributed by atoms with E-state index in [2.05, 4.69) is 61.2 Å². The van der Waals surface area contributed by atoms with Gasteiger partial charge in [-0.2, -0.15) is 0 Å². The maximum Gasteiger partial charge on any atom is 0.142 e. The summed E-state index contributed by atoms with van der Waals surface area (Å²) in [4.78, 5) is 2.33. The average molecular weight is 253 g/mol. The van der Waals surface area contributed by atoms with E-state index in [1.165, 1.54) is 22.3 Å². The van der Waals surface area contributed by atoms with Crippen LogP contribution in [0.4, 0.5) is 0 Å². The Bertz CT molecular complexity index is 577. The Labute approximate surface area is 114 Å². The van der Waals surface area contributed by atoms with E-state index < -0.39 is 0 Å². The first-order valence-electron chi connectivity index (χ1n) is 6.71. The third-order valence-corrected chi connectivity index (χ3v) is 3.72. The van der Waals surface area contributed by atoms with Crippen molar-refractivity contribution in [2.24, 2.45) is 0 Å². The Hall–Kier alpha value is -1.80. The van der Waals surface area contributed by atoms with Crippen LogP contribution in [0.25, 0.3) is 0 Å². The molecule has 0 atom stereocenters. The number of aryl methyl sites for hydroxylation is 2. The summed E-state index contributed by atoms with van der Waals surface area (Å²) >= 11 is 0. The minimum Gasteiger partial charge on any atom is -0.478 e. The summed E-state index contributed by atoms with van der Waals surface area (Å²) in [5.74, 6) is 1.05. The molecule has 1 heterocycles. The fraction of sp³-hybridized carbons (Fsp3) is 0.294. The highest BCUT2D eigenvalue weighted by Crippen LogP contribution is 2.28. The van der Waals surface area contributed by atoms with E-state index in [0.717, 1.165) is 18.8 Å².